The van der Waals surface area contributed by atoms with Crippen LogP contribution >= 0.6 is 0 Å². The van der Waals surface area contributed by atoms with Crippen LogP contribution in [0.3, 0.4) is 0 Å². The summed E-state index contributed by atoms with van der Waals surface area (Å²) >= 11 is 0. The van der Waals surface area contributed by atoms with E-state index in [0.29, 0.717) is 25.0 Å². The molecule has 2 bridgehead atoms. The Kier molecular flexibility index (Phi) is 4.63. The minimum absolute atomic E-state index is 0.110. The van der Waals surface area contributed by atoms with Gasteiger partial charge in [-0.25, -0.2) is 0 Å². The van der Waals surface area contributed by atoms with Crippen LogP contribution in [0.5, 0.6) is 0 Å². The molecule has 1 fully saturated rings. The molecule has 2 N–H and O–H groups in total. The van der Waals surface area contributed by atoms with Crippen molar-refractivity contribution in [2.24, 2.45) is 5.92 Å². The monoisotopic (exact) mass is 303 g/mol. The highest BCUT2D eigenvalue weighted by Gasteiger charge is 2.37. The van der Waals surface area contributed by atoms with E-state index in [-0.39, 0.29) is 12.2 Å². The topological polar surface area (TPSA) is 55.9 Å². The molecule has 0 amide bonds. The van der Waals surface area contributed by atoms with Crippen LogP contribution in [-0.4, -0.2) is 48.6 Å². The third-order valence-corrected chi connectivity index (χ3v) is 4.69. The van der Waals surface area contributed by atoms with Gasteiger partial charge in [-0.3, -0.25) is 4.79 Å². The van der Waals surface area contributed by atoms with E-state index in [1.54, 1.807) is 6.07 Å². The number of rotatable bonds is 5. The summed E-state index contributed by atoms with van der Waals surface area (Å²) in [7, 11) is 0. The van der Waals surface area contributed by atoms with Gasteiger partial charge in [0.25, 0.3) is 5.56 Å². The first-order chi connectivity index (χ1) is 10.7. The van der Waals surface area contributed by atoms with Gasteiger partial charge in [0.15, 0.2) is 0 Å². The lowest BCUT2D eigenvalue weighted by atomic mass is 9.83. The van der Waals surface area contributed by atoms with E-state index in [9.17, 15) is 9.90 Å². The molecule has 22 heavy (non-hydrogen) atoms. The standard InChI is InChI=1S/C17H22N2O3/c1-2-6-22-12-15(20)11-18-8-13-7-14(10-18)16-4-3-5-17(21)19(16)9-13/h1,3-5,13-15,20H,6-12H2/p+1/t13-,14+,15+/m0/s1. The summed E-state index contributed by atoms with van der Waals surface area (Å²) in [6.07, 6.45) is 5.79. The molecule has 0 aromatic carbocycles. The van der Waals surface area contributed by atoms with Crippen molar-refractivity contribution in [1.82, 2.24) is 4.57 Å². The fraction of sp³-hybridized carbons (Fsp3) is 0.588. The zero-order valence-electron chi connectivity index (χ0n) is 12.7. The SMILES string of the molecule is C#CCOC[C@H](O)C[NH+]1C[C@@H]2C[C@H](C1)c1cccc(=O)n1C2. The molecule has 0 spiro atoms. The van der Waals surface area contributed by atoms with Gasteiger partial charge in [-0.1, -0.05) is 12.0 Å². The maximum absolute atomic E-state index is 12.0. The van der Waals surface area contributed by atoms with Gasteiger partial charge in [0.1, 0.15) is 19.3 Å². The molecule has 1 saturated heterocycles. The minimum atomic E-state index is -0.486. The van der Waals surface area contributed by atoms with Gasteiger partial charge < -0.3 is 19.3 Å². The molecule has 5 nitrogen and oxygen atoms in total. The van der Waals surface area contributed by atoms with Crippen molar-refractivity contribution in [2.75, 3.05) is 32.8 Å². The summed E-state index contributed by atoms with van der Waals surface area (Å²) < 4.78 is 7.14. The van der Waals surface area contributed by atoms with Crippen molar-refractivity contribution in [3.63, 3.8) is 0 Å². The van der Waals surface area contributed by atoms with Crippen molar-refractivity contribution < 1.29 is 14.7 Å². The number of aliphatic hydroxyl groups excluding tert-OH is 1. The Morgan fingerprint density at radius 1 is 1.50 bits per heavy atom. The van der Waals surface area contributed by atoms with Crippen molar-refractivity contribution in [3.05, 3.63) is 34.2 Å². The predicted octanol–water partition coefficient (Wildman–Crippen LogP) is -1.14. The molecule has 0 saturated carbocycles. The maximum atomic E-state index is 12.0. The predicted molar refractivity (Wildman–Crippen MR) is 82.8 cm³/mol. The van der Waals surface area contributed by atoms with Gasteiger partial charge in [-0.05, 0) is 12.5 Å². The van der Waals surface area contributed by atoms with Crippen LogP contribution in [0.25, 0.3) is 0 Å². The second kappa shape index (κ2) is 6.66. The fourth-order valence-electron chi connectivity index (χ4n) is 3.93. The summed E-state index contributed by atoms with van der Waals surface area (Å²) in [5, 5.41) is 10.1. The van der Waals surface area contributed by atoms with E-state index < -0.39 is 6.10 Å². The summed E-state index contributed by atoms with van der Waals surface area (Å²) in [6, 6.07) is 5.56. The first-order valence-corrected chi connectivity index (χ1v) is 7.90. The summed E-state index contributed by atoms with van der Waals surface area (Å²) in [4.78, 5) is 13.4. The van der Waals surface area contributed by atoms with Gasteiger partial charge in [-0.15, -0.1) is 6.42 Å². The van der Waals surface area contributed by atoms with E-state index in [4.69, 9.17) is 11.2 Å². The molecule has 4 atom stereocenters. The maximum Gasteiger partial charge on any atom is 0.250 e. The molecule has 5 heteroatoms. The Labute approximate surface area is 130 Å². The molecule has 0 radical (unpaired) electrons. The van der Waals surface area contributed by atoms with Crippen LogP contribution in [0.1, 0.15) is 18.0 Å². The van der Waals surface area contributed by atoms with Crippen molar-refractivity contribution in [3.8, 4) is 12.3 Å². The smallest absolute Gasteiger partial charge is 0.250 e. The highest BCUT2D eigenvalue weighted by atomic mass is 16.5. The third kappa shape index (κ3) is 3.25. The van der Waals surface area contributed by atoms with Crippen LogP contribution in [0.2, 0.25) is 0 Å². The number of piperidine rings is 1. The van der Waals surface area contributed by atoms with Crippen LogP contribution in [0.15, 0.2) is 23.0 Å². The van der Waals surface area contributed by atoms with Crippen LogP contribution < -0.4 is 10.5 Å². The van der Waals surface area contributed by atoms with Crippen LogP contribution in [0, 0.1) is 18.3 Å². The number of nitrogens with zero attached hydrogens (tertiary/aromatic N) is 1. The largest absolute Gasteiger partial charge is 0.385 e. The van der Waals surface area contributed by atoms with Gasteiger partial charge in [0, 0.05) is 30.1 Å². The molecule has 1 aromatic heterocycles. The lowest BCUT2D eigenvalue weighted by Crippen LogP contribution is -3.15. The highest BCUT2D eigenvalue weighted by Crippen LogP contribution is 2.29. The highest BCUT2D eigenvalue weighted by molar-refractivity contribution is 5.15. The molecule has 0 aliphatic carbocycles. The molecule has 3 heterocycles. The number of hydrogen-bond acceptors (Lipinski definition) is 3. The summed E-state index contributed by atoms with van der Waals surface area (Å²) in [6.45, 7) is 3.98. The number of aromatic nitrogens is 1. The van der Waals surface area contributed by atoms with Gasteiger partial charge in [0.2, 0.25) is 0 Å². The zero-order chi connectivity index (χ0) is 15.5. The number of hydrogen-bond donors (Lipinski definition) is 2. The Morgan fingerprint density at radius 3 is 3.18 bits per heavy atom. The summed E-state index contributed by atoms with van der Waals surface area (Å²) in [5.74, 6) is 3.33. The van der Waals surface area contributed by atoms with E-state index in [2.05, 4.69) is 12.0 Å². The van der Waals surface area contributed by atoms with Gasteiger partial charge in [-0.2, -0.15) is 0 Å². The summed E-state index contributed by atoms with van der Waals surface area (Å²) in [5.41, 5.74) is 1.26. The second-order valence-electron chi connectivity index (χ2n) is 6.43. The number of fused-ring (bicyclic) bond motifs is 4. The average molecular weight is 303 g/mol. The van der Waals surface area contributed by atoms with Gasteiger partial charge in [0.05, 0.1) is 19.7 Å². The Bertz CT molecular complexity index is 619. The first-order valence-electron chi connectivity index (χ1n) is 7.90. The first kappa shape index (κ1) is 15.3. The van der Waals surface area contributed by atoms with E-state index in [1.807, 2.05) is 10.6 Å². The number of nitrogens with one attached hydrogen (secondary N) is 1. The Hall–Kier alpha value is -1.61. The van der Waals surface area contributed by atoms with Crippen molar-refractivity contribution >= 4 is 0 Å². The van der Waals surface area contributed by atoms with E-state index >= 15 is 0 Å². The molecule has 2 aliphatic heterocycles. The molecular formula is C17H23N2O3+. The number of ether oxygens (including phenoxy) is 1. The number of quaternary nitrogens is 1. The van der Waals surface area contributed by atoms with Crippen LogP contribution in [0.4, 0.5) is 0 Å². The minimum Gasteiger partial charge on any atom is -0.385 e. The third-order valence-electron chi connectivity index (χ3n) is 4.69. The molecule has 2 aliphatic rings. The number of pyridine rings is 1. The zero-order valence-corrected chi connectivity index (χ0v) is 12.7. The molecule has 118 valence electrons. The van der Waals surface area contributed by atoms with Crippen molar-refractivity contribution in [2.45, 2.75) is 25.0 Å². The average Bonchev–Trinajstić information content (AvgIpc) is 2.48. The fourth-order valence-corrected chi connectivity index (χ4v) is 3.93. The number of likely N-dealkylation sites (tertiary alicyclic amines) is 1. The quantitative estimate of drug-likeness (QED) is 0.534. The lowest BCUT2D eigenvalue weighted by Gasteiger charge is -2.40. The molecular weight excluding hydrogens is 280 g/mol. The van der Waals surface area contributed by atoms with E-state index in [0.717, 1.165) is 31.7 Å². The van der Waals surface area contributed by atoms with Crippen LogP contribution in [-0.2, 0) is 11.3 Å². The Morgan fingerprint density at radius 2 is 2.36 bits per heavy atom. The van der Waals surface area contributed by atoms with E-state index in [1.165, 1.54) is 4.90 Å². The van der Waals surface area contributed by atoms with Gasteiger partial charge >= 0.3 is 0 Å². The lowest BCUT2D eigenvalue weighted by molar-refractivity contribution is -0.914. The number of aliphatic hydroxyl groups is 1. The molecule has 1 aromatic rings. The normalized spacial score (nSPS) is 27.7. The molecule has 1 unspecified atom stereocenters. The second-order valence-corrected chi connectivity index (χ2v) is 6.43. The number of terminal acetylenes is 1. The van der Waals surface area contributed by atoms with Crippen molar-refractivity contribution in [1.29, 1.82) is 0 Å². The Balaban J connectivity index is 1.64. The molecule has 3 rings (SSSR count).